The van der Waals surface area contributed by atoms with E-state index in [2.05, 4.69) is 5.32 Å². The fourth-order valence-electron chi connectivity index (χ4n) is 3.81. The zero-order valence-corrected chi connectivity index (χ0v) is 17.5. The van der Waals surface area contributed by atoms with Crippen LogP contribution in [0.5, 0.6) is 17.2 Å². The van der Waals surface area contributed by atoms with Crippen LogP contribution in [0.3, 0.4) is 0 Å². The van der Waals surface area contributed by atoms with Crippen LogP contribution >= 0.6 is 0 Å². The smallest absolute Gasteiger partial charge is 0.262 e. The highest BCUT2D eigenvalue weighted by atomic mass is 16.5. The maximum atomic E-state index is 12.5. The number of anilines is 1. The number of nitrogens with one attached hydrogen (secondary N) is 1. The van der Waals surface area contributed by atoms with Crippen LogP contribution in [0.4, 0.5) is 5.69 Å². The van der Waals surface area contributed by atoms with E-state index in [9.17, 15) is 4.79 Å². The van der Waals surface area contributed by atoms with Gasteiger partial charge in [0.15, 0.2) is 6.61 Å². The predicted octanol–water partition coefficient (Wildman–Crippen LogP) is 5.13. The molecule has 30 heavy (non-hydrogen) atoms. The highest BCUT2D eigenvalue weighted by Gasteiger charge is 2.18. The summed E-state index contributed by atoms with van der Waals surface area (Å²) in [5, 5.41) is 3.95. The van der Waals surface area contributed by atoms with Crippen molar-refractivity contribution in [2.24, 2.45) is 0 Å². The summed E-state index contributed by atoms with van der Waals surface area (Å²) in [5.41, 5.74) is 2.73. The van der Waals surface area contributed by atoms with Crippen LogP contribution in [0.15, 0.2) is 40.8 Å². The molecule has 0 atom stereocenters. The van der Waals surface area contributed by atoms with Crippen LogP contribution in [0.1, 0.15) is 38.0 Å². The second kappa shape index (κ2) is 9.11. The minimum absolute atomic E-state index is 0.101. The van der Waals surface area contributed by atoms with Gasteiger partial charge >= 0.3 is 0 Å². The third-order valence-corrected chi connectivity index (χ3v) is 5.13. The molecule has 0 aliphatic heterocycles. The van der Waals surface area contributed by atoms with Crippen LogP contribution in [0.2, 0.25) is 0 Å². The van der Waals surface area contributed by atoms with E-state index >= 15 is 0 Å². The van der Waals surface area contributed by atoms with Gasteiger partial charge in [-0.3, -0.25) is 4.79 Å². The van der Waals surface area contributed by atoms with Crippen molar-refractivity contribution in [2.75, 3.05) is 25.1 Å². The Hall–Kier alpha value is -3.15. The molecule has 1 amide bonds. The standard InChI is InChI=1S/C24H27NO5/c1-3-27-17-10-12-23(28-4-2)20(14-17)25-24(26)15-29-16-9-11-22-19(13-16)18-7-5-6-8-21(18)30-22/h9-14H,3-8,15H2,1-2H3,(H,25,26). The number of rotatable bonds is 8. The largest absolute Gasteiger partial charge is 0.494 e. The Balaban J connectivity index is 1.44. The van der Waals surface area contributed by atoms with Crippen molar-refractivity contribution in [3.63, 3.8) is 0 Å². The van der Waals surface area contributed by atoms with E-state index in [4.69, 9.17) is 18.6 Å². The van der Waals surface area contributed by atoms with Gasteiger partial charge in [-0.1, -0.05) is 0 Å². The van der Waals surface area contributed by atoms with E-state index in [0.29, 0.717) is 36.1 Å². The molecule has 2 aromatic carbocycles. The van der Waals surface area contributed by atoms with Gasteiger partial charge in [0.25, 0.3) is 5.91 Å². The third-order valence-electron chi connectivity index (χ3n) is 5.13. The molecular weight excluding hydrogens is 382 g/mol. The minimum atomic E-state index is -0.265. The molecule has 1 heterocycles. The summed E-state index contributed by atoms with van der Waals surface area (Å²) in [6.07, 6.45) is 4.37. The Morgan fingerprint density at radius 3 is 2.57 bits per heavy atom. The van der Waals surface area contributed by atoms with Gasteiger partial charge in [0.1, 0.15) is 28.6 Å². The molecule has 4 rings (SSSR count). The molecule has 0 fully saturated rings. The molecule has 6 nitrogen and oxygen atoms in total. The maximum Gasteiger partial charge on any atom is 0.262 e. The zero-order valence-electron chi connectivity index (χ0n) is 17.5. The summed E-state index contributed by atoms with van der Waals surface area (Å²) in [6, 6.07) is 11.1. The lowest BCUT2D eigenvalue weighted by molar-refractivity contribution is -0.118. The predicted molar refractivity (Wildman–Crippen MR) is 116 cm³/mol. The van der Waals surface area contributed by atoms with E-state index in [1.165, 1.54) is 18.4 Å². The molecule has 1 aliphatic carbocycles. The van der Waals surface area contributed by atoms with Gasteiger partial charge < -0.3 is 23.9 Å². The van der Waals surface area contributed by atoms with E-state index in [1.54, 1.807) is 12.1 Å². The lowest BCUT2D eigenvalue weighted by Gasteiger charge is -2.14. The number of carbonyl (C=O) groups excluding carboxylic acids is 1. The van der Waals surface area contributed by atoms with Gasteiger partial charge in [0.05, 0.1) is 18.9 Å². The van der Waals surface area contributed by atoms with Crippen molar-refractivity contribution in [3.8, 4) is 17.2 Å². The van der Waals surface area contributed by atoms with E-state index in [-0.39, 0.29) is 12.5 Å². The van der Waals surface area contributed by atoms with Gasteiger partial charge in [0.2, 0.25) is 0 Å². The van der Waals surface area contributed by atoms with Crippen LogP contribution in [0.25, 0.3) is 11.0 Å². The molecule has 0 saturated heterocycles. The van der Waals surface area contributed by atoms with Crippen LogP contribution in [-0.4, -0.2) is 25.7 Å². The summed E-state index contributed by atoms with van der Waals surface area (Å²) in [6.45, 7) is 4.76. The topological polar surface area (TPSA) is 69.9 Å². The Morgan fingerprint density at radius 1 is 0.967 bits per heavy atom. The fourth-order valence-corrected chi connectivity index (χ4v) is 3.81. The number of furan rings is 1. The second-order valence-corrected chi connectivity index (χ2v) is 7.23. The fraction of sp³-hybridized carbons (Fsp3) is 0.375. The molecule has 1 aromatic heterocycles. The first-order chi connectivity index (χ1) is 14.7. The Morgan fingerprint density at radius 2 is 1.73 bits per heavy atom. The van der Waals surface area contributed by atoms with Gasteiger partial charge in [-0.15, -0.1) is 0 Å². The molecule has 1 N–H and O–H groups in total. The van der Waals surface area contributed by atoms with E-state index < -0.39 is 0 Å². The van der Waals surface area contributed by atoms with Crippen molar-refractivity contribution in [3.05, 3.63) is 47.7 Å². The zero-order chi connectivity index (χ0) is 20.9. The van der Waals surface area contributed by atoms with Gasteiger partial charge in [0, 0.05) is 23.4 Å². The molecule has 0 unspecified atom stereocenters. The SMILES string of the molecule is CCOc1ccc(OCC)c(NC(=O)COc2ccc3oc4c(c3c2)CCCC4)c1. The molecule has 3 aromatic rings. The average molecular weight is 409 g/mol. The summed E-state index contributed by atoms with van der Waals surface area (Å²) >= 11 is 0. The molecule has 0 saturated carbocycles. The molecule has 6 heteroatoms. The van der Waals surface area contributed by atoms with Crippen molar-refractivity contribution in [1.29, 1.82) is 0 Å². The third kappa shape index (κ3) is 4.37. The Bertz CT molecular complexity index is 1040. The lowest BCUT2D eigenvalue weighted by Crippen LogP contribution is -2.20. The van der Waals surface area contributed by atoms with Crippen molar-refractivity contribution < 1.29 is 23.4 Å². The van der Waals surface area contributed by atoms with Crippen molar-refractivity contribution >= 4 is 22.6 Å². The van der Waals surface area contributed by atoms with Crippen LogP contribution < -0.4 is 19.5 Å². The molecule has 158 valence electrons. The van der Waals surface area contributed by atoms with E-state index in [1.807, 2.05) is 38.1 Å². The molecule has 0 spiro atoms. The summed E-state index contributed by atoms with van der Waals surface area (Å²) < 4.78 is 22.8. The number of aryl methyl sites for hydroxylation is 2. The molecule has 0 radical (unpaired) electrons. The Labute approximate surface area is 176 Å². The first-order valence-corrected chi connectivity index (χ1v) is 10.5. The first-order valence-electron chi connectivity index (χ1n) is 10.5. The quantitative estimate of drug-likeness (QED) is 0.559. The summed E-state index contributed by atoms with van der Waals surface area (Å²) in [5.74, 6) is 2.75. The molecule has 1 aliphatic rings. The number of amides is 1. The van der Waals surface area contributed by atoms with Gasteiger partial charge in [-0.05, 0) is 63.4 Å². The first kappa shape index (κ1) is 20.1. The van der Waals surface area contributed by atoms with Gasteiger partial charge in [-0.2, -0.15) is 0 Å². The monoisotopic (exact) mass is 409 g/mol. The molecule has 0 bridgehead atoms. The lowest BCUT2D eigenvalue weighted by atomic mass is 9.96. The number of benzene rings is 2. The Kier molecular flexibility index (Phi) is 6.12. The van der Waals surface area contributed by atoms with Crippen molar-refractivity contribution in [1.82, 2.24) is 0 Å². The summed E-state index contributed by atoms with van der Waals surface area (Å²) in [4.78, 5) is 12.5. The second-order valence-electron chi connectivity index (χ2n) is 7.23. The highest BCUT2D eigenvalue weighted by Crippen LogP contribution is 2.34. The summed E-state index contributed by atoms with van der Waals surface area (Å²) in [7, 11) is 0. The molecular formula is C24H27NO5. The van der Waals surface area contributed by atoms with E-state index in [0.717, 1.165) is 29.6 Å². The van der Waals surface area contributed by atoms with Crippen molar-refractivity contribution in [2.45, 2.75) is 39.5 Å². The number of hydrogen-bond acceptors (Lipinski definition) is 5. The number of hydrogen-bond donors (Lipinski definition) is 1. The maximum absolute atomic E-state index is 12.5. The normalized spacial score (nSPS) is 13.0. The average Bonchev–Trinajstić information content (AvgIpc) is 3.12. The van der Waals surface area contributed by atoms with Gasteiger partial charge in [-0.25, -0.2) is 0 Å². The minimum Gasteiger partial charge on any atom is -0.494 e. The number of ether oxygens (including phenoxy) is 3. The highest BCUT2D eigenvalue weighted by molar-refractivity contribution is 5.93. The number of carbonyl (C=O) groups is 1. The van der Waals surface area contributed by atoms with Crippen LogP contribution in [-0.2, 0) is 17.6 Å². The van der Waals surface area contributed by atoms with Crippen LogP contribution in [0, 0.1) is 0 Å². The number of fused-ring (bicyclic) bond motifs is 3.